The van der Waals surface area contributed by atoms with E-state index in [1.54, 1.807) is 23.1 Å². The van der Waals surface area contributed by atoms with Crippen molar-refractivity contribution in [2.24, 2.45) is 0 Å². The van der Waals surface area contributed by atoms with Crippen molar-refractivity contribution in [2.75, 3.05) is 26.7 Å². The van der Waals surface area contributed by atoms with Crippen LogP contribution in [0.15, 0.2) is 54.7 Å². The molecule has 0 bridgehead atoms. The van der Waals surface area contributed by atoms with Crippen molar-refractivity contribution in [1.82, 2.24) is 9.80 Å². The van der Waals surface area contributed by atoms with Crippen LogP contribution < -0.4 is 0 Å². The molecule has 0 spiro atoms. The van der Waals surface area contributed by atoms with Crippen molar-refractivity contribution in [3.05, 3.63) is 70.3 Å². The second-order valence-electron chi connectivity index (χ2n) is 7.03. The summed E-state index contributed by atoms with van der Waals surface area (Å²) in [6.07, 6.45) is 8.30. The number of carbonyl (C=O) groups excluding carboxylic acids is 1. The fourth-order valence-electron chi connectivity index (χ4n) is 3.38. The molecule has 1 aliphatic heterocycles. The summed E-state index contributed by atoms with van der Waals surface area (Å²) >= 11 is 12.1. The van der Waals surface area contributed by atoms with Crippen LogP contribution in [-0.2, 0) is 11.2 Å². The molecule has 1 amide bonds. The molecule has 0 saturated carbocycles. The maximum Gasteiger partial charge on any atom is 0.227 e. The summed E-state index contributed by atoms with van der Waals surface area (Å²) < 4.78 is 0. The Morgan fingerprint density at radius 3 is 2.75 bits per heavy atom. The smallest absolute Gasteiger partial charge is 0.227 e. The van der Waals surface area contributed by atoms with E-state index in [1.807, 2.05) is 38.3 Å². The first-order valence-corrected chi connectivity index (χ1v) is 10.2. The topological polar surface area (TPSA) is 43.8 Å². The Labute approximate surface area is 177 Å². The minimum atomic E-state index is -0.296. The van der Waals surface area contributed by atoms with Crippen LogP contribution in [0.2, 0.25) is 10.0 Å². The Balaban J connectivity index is 2.19. The molecule has 2 rings (SSSR count). The maximum atomic E-state index is 13.0. The summed E-state index contributed by atoms with van der Waals surface area (Å²) in [5, 5.41) is 10.8. The highest BCUT2D eigenvalue weighted by Gasteiger charge is 2.28. The van der Waals surface area contributed by atoms with E-state index in [0.717, 1.165) is 24.1 Å². The highest BCUT2D eigenvalue weighted by atomic mass is 35.5. The summed E-state index contributed by atoms with van der Waals surface area (Å²) in [6.45, 7) is 7.82. The second kappa shape index (κ2) is 10.8. The lowest BCUT2D eigenvalue weighted by Gasteiger charge is -2.33. The zero-order valence-electron chi connectivity index (χ0n) is 16.4. The van der Waals surface area contributed by atoms with Crippen LogP contribution in [0.1, 0.15) is 18.9 Å². The van der Waals surface area contributed by atoms with Crippen LogP contribution in [0.4, 0.5) is 0 Å². The third-order valence-corrected chi connectivity index (χ3v) is 5.76. The standard InChI is InChI=1S/C22H28Cl2N2O2/c1-4-6-7-17(5-2)21(15-26-11-10-18(27)14-26)25(3)22(28)13-16-8-9-19(23)20(24)12-16/h4-9,12,18,21,27H,1,10-11,13-15H2,2-3H3/b7-6-,17-5+/t18-,21?/m0/s1. The average molecular weight is 423 g/mol. The van der Waals surface area contributed by atoms with Gasteiger partial charge in [0.15, 0.2) is 0 Å². The second-order valence-corrected chi connectivity index (χ2v) is 7.85. The van der Waals surface area contributed by atoms with E-state index in [-0.39, 0.29) is 24.5 Å². The highest BCUT2D eigenvalue weighted by Crippen LogP contribution is 2.24. The summed E-state index contributed by atoms with van der Waals surface area (Å²) in [4.78, 5) is 17.0. The Hall–Kier alpha value is -1.59. The number of rotatable bonds is 8. The molecular formula is C22H28Cl2N2O2. The normalized spacial score (nSPS) is 19.2. The zero-order valence-corrected chi connectivity index (χ0v) is 18.0. The fourth-order valence-corrected chi connectivity index (χ4v) is 3.70. The quantitative estimate of drug-likeness (QED) is 0.640. The van der Waals surface area contributed by atoms with Crippen molar-refractivity contribution in [3.8, 4) is 0 Å². The number of β-amino-alcohol motifs (C(OH)–C–C–N with tert-alkyl or cyclic N) is 1. The van der Waals surface area contributed by atoms with E-state index < -0.39 is 0 Å². The van der Waals surface area contributed by atoms with Gasteiger partial charge in [0.1, 0.15) is 0 Å². The molecule has 1 saturated heterocycles. The predicted molar refractivity (Wildman–Crippen MR) is 117 cm³/mol. The van der Waals surface area contributed by atoms with Gasteiger partial charge < -0.3 is 10.0 Å². The number of aliphatic hydroxyl groups excluding tert-OH is 1. The van der Waals surface area contributed by atoms with Crippen molar-refractivity contribution in [2.45, 2.75) is 31.9 Å². The fraction of sp³-hybridized carbons (Fsp3) is 0.409. The molecule has 4 nitrogen and oxygen atoms in total. The first kappa shape index (κ1) is 22.7. The van der Waals surface area contributed by atoms with E-state index in [1.165, 1.54) is 0 Å². The summed E-state index contributed by atoms with van der Waals surface area (Å²) in [6, 6.07) is 5.14. The molecule has 2 atom stereocenters. The average Bonchev–Trinajstić information content (AvgIpc) is 3.08. The molecule has 1 N–H and O–H groups in total. The van der Waals surface area contributed by atoms with Gasteiger partial charge in [0.2, 0.25) is 5.91 Å². The van der Waals surface area contributed by atoms with Crippen LogP contribution in [0, 0.1) is 0 Å². The first-order valence-electron chi connectivity index (χ1n) is 9.41. The van der Waals surface area contributed by atoms with Gasteiger partial charge in [0.25, 0.3) is 0 Å². The molecule has 6 heteroatoms. The van der Waals surface area contributed by atoms with Gasteiger partial charge in [-0.05, 0) is 36.6 Å². The van der Waals surface area contributed by atoms with E-state index in [4.69, 9.17) is 23.2 Å². The van der Waals surface area contributed by atoms with Gasteiger partial charge in [0, 0.05) is 26.7 Å². The number of amides is 1. The van der Waals surface area contributed by atoms with Gasteiger partial charge >= 0.3 is 0 Å². The Morgan fingerprint density at radius 2 is 2.18 bits per heavy atom. The van der Waals surface area contributed by atoms with Crippen LogP contribution in [0.5, 0.6) is 0 Å². The Morgan fingerprint density at radius 1 is 1.43 bits per heavy atom. The SMILES string of the molecule is C=C/C=C\C(=C/C)C(CN1CC[C@H](O)C1)N(C)C(=O)Cc1ccc(Cl)c(Cl)c1. The zero-order chi connectivity index (χ0) is 20.7. The summed E-state index contributed by atoms with van der Waals surface area (Å²) in [7, 11) is 1.82. The maximum absolute atomic E-state index is 13.0. The highest BCUT2D eigenvalue weighted by molar-refractivity contribution is 6.42. The molecule has 0 aromatic heterocycles. The number of likely N-dealkylation sites (N-methyl/N-ethyl adjacent to an activating group) is 1. The molecule has 1 aliphatic rings. The minimum absolute atomic E-state index is 0.00510. The van der Waals surface area contributed by atoms with Crippen molar-refractivity contribution in [3.63, 3.8) is 0 Å². The van der Waals surface area contributed by atoms with Gasteiger partial charge in [-0.1, -0.05) is 60.2 Å². The number of likely N-dealkylation sites (tertiary alicyclic amines) is 1. The predicted octanol–water partition coefficient (Wildman–Crippen LogP) is 4.12. The van der Waals surface area contributed by atoms with E-state index >= 15 is 0 Å². The van der Waals surface area contributed by atoms with Crippen molar-refractivity contribution < 1.29 is 9.90 Å². The lowest BCUT2D eigenvalue weighted by Crippen LogP contribution is -2.46. The van der Waals surface area contributed by atoms with Gasteiger partial charge in [-0.25, -0.2) is 0 Å². The third-order valence-electron chi connectivity index (χ3n) is 5.02. The number of halogens is 2. The van der Waals surface area contributed by atoms with Crippen LogP contribution in [0.25, 0.3) is 0 Å². The Kier molecular flexibility index (Phi) is 8.77. The molecule has 1 heterocycles. The molecule has 1 aromatic rings. The number of aliphatic hydroxyl groups is 1. The number of nitrogens with zero attached hydrogens (tertiary/aromatic N) is 2. The molecule has 152 valence electrons. The lowest BCUT2D eigenvalue weighted by molar-refractivity contribution is -0.130. The van der Waals surface area contributed by atoms with Crippen molar-refractivity contribution >= 4 is 29.1 Å². The molecule has 28 heavy (non-hydrogen) atoms. The summed E-state index contributed by atoms with van der Waals surface area (Å²) in [5.74, 6) is -0.00510. The molecular weight excluding hydrogens is 395 g/mol. The van der Waals surface area contributed by atoms with Crippen molar-refractivity contribution in [1.29, 1.82) is 0 Å². The Bertz CT molecular complexity index is 761. The number of benzene rings is 1. The third kappa shape index (κ3) is 6.21. The summed E-state index contributed by atoms with van der Waals surface area (Å²) in [5.41, 5.74) is 1.86. The number of allylic oxidation sites excluding steroid dienone is 3. The van der Waals surface area contributed by atoms with E-state index in [0.29, 0.717) is 23.1 Å². The van der Waals surface area contributed by atoms with Gasteiger partial charge in [-0.3, -0.25) is 9.69 Å². The van der Waals surface area contributed by atoms with Gasteiger partial charge in [0.05, 0.1) is 28.6 Å². The monoisotopic (exact) mass is 422 g/mol. The van der Waals surface area contributed by atoms with Crippen LogP contribution in [0.3, 0.4) is 0 Å². The number of carbonyl (C=O) groups is 1. The molecule has 0 aliphatic carbocycles. The largest absolute Gasteiger partial charge is 0.392 e. The number of hydrogen-bond donors (Lipinski definition) is 1. The van der Waals surface area contributed by atoms with E-state index in [2.05, 4.69) is 11.5 Å². The molecule has 1 aromatic carbocycles. The molecule has 1 unspecified atom stereocenters. The molecule has 1 fully saturated rings. The first-order chi connectivity index (χ1) is 13.3. The number of hydrogen-bond acceptors (Lipinski definition) is 3. The van der Waals surface area contributed by atoms with Crippen LogP contribution in [-0.4, -0.2) is 59.6 Å². The van der Waals surface area contributed by atoms with Gasteiger partial charge in [-0.2, -0.15) is 0 Å². The van der Waals surface area contributed by atoms with Gasteiger partial charge in [-0.15, -0.1) is 0 Å². The van der Waals surface area contributed by atoms with Crippen LogP contribution >= 0.6 is 23.2 Å². The lowest BCUT2D eigenvalue weighted by atomic mass is 10.0. The minimum Gasteiger partial charge on any atom is -0.392 e. The van der Waals surface area contributed by atoms with E-state index in [9.17, 15) is 9.90 Å². The molecule has 0 radical (unpaired) electrons.